The molecule has 0 amide bonds. The van der Waals surface area contributed by atoms with Gasteiger partial charge in [0.2, 0.25) is 0 Å². The van der Waals surface area contributed by atoms with Crippen LogP contribution in [0.3, 0.4) is 0 Å². The number of fused-ring (bicyclic) bond motifs is 1. The van der Waals surface area contributed by atoms with E-state index in [9.17, 15) is 14.7 Å². The summed E-state index contributed by atoms with van der Waals surface area (Å²) < 4.78 is 15.7. The number of hydrogen-bond acceptors (Lipinski definition) is 8. The van der Waals surface area contributed by atoms with E-state index >= 15 is 0 Å². The zero-order chi connectivity index (χ0) is 21.0. The van der Waals surface area contributed by atoms with Crippen LogP contribution < -0.4 is 5.73 Å². The van der Waals surface area contributed by atoms with Gasteiger partial charge in [0, 0.05) is 6.92 Å². The number of nitrogens with zero attached hydrogens (tertiary/aromatic N) is 1. The number of carbonyl (C=O) groups excluding carboxylic acids is 2. The number of anilines is 1. The van der Waals surface area contributed by atoms with Crippen molar-refractivity contribution in [1.29, 1.82) is 0 Å². The normalized spacial score (nSPS) is 10.2. The van der Waals surface area contributed by atoms with E-state index in [4.69, 9.17) is 10.2 Å². The van der Waals surface area contributed by atoms with Gasteiger partial charge in [0.15, 0.2) is 17.2 Å². The van der Waals surface area contributed by atoms with Crippen LogP contribution in [0.5, 0.6) is 5.75 Å². The third-order valence-electron chi connectivity index (χ3n) is 3.58. The second-order valence-corrected chi connectivity index (χ2v) is 7.05. The summed E-state index contributed by atoms with van der Waals surface area (Å²) in [5.41, 5.74) is 7.15. The number of aromatic nitrogens is 1. The monoisotopic (exact) mass is 514 g/mol. The molecule has 10 heteroatoms. The maximum absolute atomic E-state index is 11.4. The summed E-state index contributed by atoms with van der Waals surface area (Å²) in [6.07, 6.45) is 0. The first-order chi connectivity index (χ1) is 13.2. The highest BCUT2D eigenvalue weighted by Gasteiger charge is 2.17. The molecule has 148 valence electrons. The molecule has 0 fully saturated rings. The number of halogens is 2. The number of aromatic hydroxyl groups is 1. The highest BCUT2D eigenvalue weighted by molar-refractivity contribution is 9.11. The molecule has 0 saturated heterocycles. The maximum Gasteiger partial charge on any atom is 0.340 e. The topological polar surface area (TPSA) is 125 Å². The van der Waals surface area contributed by atoms with Crippen molar-refractivity contribution in [2.45, 2.75) is 6.92 Å². The molecule has 0 atom stereocenters. The van der Waals surface area contributed by atoms with E-state index in [1.165, 1.54) is 26.4 Å². The van der Waals surface area contributed by atoms with Crippen LogP contribution in [0.15, 0.2) is 37.6 Å². The fourth-order valence-electron chi connectivity index (χ4n) is 2.23. The van der Waals surface area contributed by atoms with E-state index in [0.717, 1.165) is 4.47 Å². The zero-order valence-corrected chi connectivity index (χ0v) is 18.3. The lowest BCUT2D eigenvalue weighted by atomic mass is 10.1. The van der Waals surface area contributed by atoms with Crippen LogP contribution in [0.1, 0.15) is 26.6 Å². The molecule has 0 spiro atoms. The Labute approximate surface area is 176 Å². The van der Waals surface area contributed by atoms with Crippen LogP contribution in [0, 0.1) is 6.92 Å². The number of nitrogens with two attached hydrogens (primary N) is 1. The highest BCUT2D eigenvalue weighted by Crippen LogP contribution is 2.32. The molecule has 2 aromatic carbocycles. The number of methoxy groups -OCH3 is 2. The van der Waals surface area contributed by atoms with E-state index in [1.54, 1.807) is 19.1 Å². The molecule has 3 N–H and O–H groups in total. The van der Waals surface area contributed by atoms with Crippen molar-refractivity contribution < 1.29 is 28.6 Å². The maximum atomic E-state index is 11.4. The fraction of sp³-hybridized carbons (Fsp3) is 0.167. The van der Waals surface area contributed by atoms with Gasteiger partial charge in [-0.15, -0.1) is 0 Å². The molecular weight excluding hydrogens is 500 g/mol. The van der Waals surface area contributed by atoms with Gasteiger partial charge in [0.25, 0.3) is 0 Å². The molecular formula is C18H16Br2N2O6. The van der Waals surface area contributed by atoms with Crippen molar-refractivity contribution in [3.63, 3.8) is 0 Å². The van der Waals surface area contributed by atoms with Crippen molar-refractivity contribution in [3.8, 4) is 5.75 Å². The van der Waals surface area contributed by atoms with Crippen LogP contribution in [-0.2, 0) is 9.47 Å². The summed E-state index contributed by atoms with van der Waals surface area (Å²) in [5, 5.41) is 9.35. The van der Waals surface area contributed by atoms with Gasteiger partial charge in [0.1, 0.15) is 5.52 Å². The minimum absolute atomic E-state index is 0.0150. The average Bonchev–Trinajstić information content (AvgIpc) is 3.08. The number of hydrogen-bond donors (Lipinski definition) is 2. The summed E-state index contributed by atoms with van der Waals surface area (Å²) >= 11 is 6.40. The Hall–Kier alpha value is -2.59. The van der Waals surface area contributed by atoms with Crippen molar-refractivity contribution in [2.75, 3.05) is 20.0 Å². The Morgan fingerprint density at radius 2 is 1.57 bits per heavy atom. The molecule has 0 aliphatic carbocycles. The summed E-state index contributed by atoms with van der Waals surface area (Å²) in [4.78, 5) is 26.6. The van der Waals surface area contributed by atoms with Crippen LogP contribution in [0.4, 0.5) is 5.69 Å². The number of oxazole rings is 1. The first-order valence-electron chi connectivity index (χ1n) is 7.70. The number of phenolic OH excluding ortho intramolecular Hbond substituents is 1. The lowest BCUT2D eigenvalue weighted by Crippen LogP contribution is -2.05. The molecule has 1 aromatic heterocycles. The Morgan fingerprint density at radius 1 is 1.04 bits per heavy atom. The third-order valence-corrected chi connectivity index (χ3v) is 4.85. The smallest absolute Gasteiger partial charge is 0.340 e. The summed E-state index contributed by atoms with van der Waals surface area (Å²) in [6.45, 7) is 1.73. The molecule has 8 nitrogen and oxygen atoms in total. The first kappa shape index (κ1) is 21.7. The number of aryl methyl sites for hydroxylation is 1. The predicted molar refractivity (Wildman–Crippen MR) is 109 cm³/mol. The number of ether oxygens (including phenoxy) is 2. The number of carbonyl (C=O) groups is 2. The molecule has 0 saturated carbocycles. The van der Waals surface area contributed by atoms with Crippen LogP contribution in [0.25, 0.3) is 11.1 Å². The van der Waals surface area contributed by atoms with Gasteiger partial charge in [-0.2, -0.15) is 0 Å². The minimum atomic E-state index is -0.569. The quantitative estimate of drug-likeness (QED) is 0.295. The van der Waals surface area contributed by atoms with E-state index in [0.29, 0.717) is 27.0 Å². The van der Waals surface area contributed by atoms with Gasteiger partial charge in [-0.25, -0.2) is 14.6 Å². The highest BCUT2D eigenvalue weighted by atomic mass is 79.9. The first-order valence-corrected chi connectivity index (χ1v) is 9.29. The molecule has 0 bridgehead atoms. The number of nitrogen functional groups attached to an aromatic ring is 1. The van der Waals surface area contributed by atoms with Gasteiger partial charge in [-0.1, -0.05) is 0 Å². The molecule has 1 heterocycles. The number of benzene rings is 2. The molecule has 3 rings (SSSR count). The van der Waals surface area contributed by atoms with Crippen LogP contribution in [0.2, 0.25) is 0 Å². The minimum Gasteiger partial charge on any atom is -0.505 e. The van der Waals surface area contributed by atoms with Crippen LogP contribution >= 0.6 is 31.9 Å². The van der Waals surface area contributed by atoms with E-state index in [-0.39, 0.29) is 17.0 Å². The second kappa shape index (κ2) is 9.07. The predicted octanol–water partition coefficient (Wildman–Crippen LogP) is 4.21. The fourth-order valence-corrected chi connectivity index (χ4v) is 2.97. The Bertz CT molecular complexity index is 1050. The van der Waals surface area contributed by atoms with Crippen molar-refractivity contribution in [3.05, 3.63) is 50.2 Å². The van der Waals surface area contributed by atoms with Gasteiger partial charge in [0.05, 0.1) is 40.0 Å². The Morgan fingerprint density at radius 3 is 2.18 bits per heavy atom. The van der Waals surface area contributed by atoms with E-state index < -0.39 is 11.9 Å². The van der Waals surface area contributed by atoms with Gasteiger partial charge in [-0.05, 0) is 56.1 Å². The molecule has 0 aliphatic heterocycles. The molecule has 0 radical (unpaired) electrons. The van der Waals surface area contributed by atoms with Crippen molar-refractivity contribution in [1.82, 2.24) is 4.98 Å². The van der Waals surface area contributed by atoms with Crippen molar-refractivity contribution >= 4 is 60.6 Å². The standard InChI is InChI=1S/C10H8BrNO3.C8H8BrNO3/c1-5-12-8-6(10(13)14-2)3-4-7(11)9(8)15-5;1-13-8(12)4-2-3-5(9)7(11)6(4)10/h3-4H,1-2H3;2-3,11H,10H2,1H3. The lowest BCUT2D eigenvalue weighted by molar-refractivity contribution is 0.0593. The van der Waals surface area contributed by atoms with E-state index in [2.05, 4.69) is 46.3 Å². The second-order valence-electron chi connectivity index (χ2n) is 5.35. The number of phenols is 1. The Balaban J connectivity index is 0.000000203. The molecule has 0 unspecified atom stereocenters. The zero-order valence-electron chi connectivity index (χ0n) is 15.1. The molecule has 0 aliphatic rings. The third kappa shape index (κ3) is 4.45. The van der Waals surface area contributed by atoms with E-state index in [1.807, 2.05) is 0 Å². The van der Waals surface area contributed by atoms with Gasteiger partial charge < -0.3 is 24.7 Å². The van der Waals surface area contributed by atoms with Crippen molar-refractivity contribution in [2.24, 2.45) is 0 Å². The number of esters is 2. The number of rotatable bonds is 2. The van der Waals surface area contributed by atoms with Gasteiger partial charge >= 0.3 is 11.9 Å². The molecule has 28 heavy (non-hydrogen) atoms. The average molecular weight is 516 g/mol. The largest absolute Gasteiger partial charge is 0.505 e. The summed E-state index contributed by atoms with van der Waals surface area (Å²) in [7, 11) is 2.59. The lowest BCUT2D eigenvalue weighted by Gasteiger charge is -2.06. The van der Waals surface area contributed by atoms with Crippen LogP contribution in [-0.4, -0.2) is 36.2 Å². The SMILES string of the molecule is COC(=O)c1ccc(Br)c(O)c1N.COC(=O)c1ccc(Br)c2oc(C)nc12. The molecule has 3 aromatic rings. The Kier molecular flexibility index (Phi) is 7.03. The summed E-state index contributed by atoms with van der Waals surface area (Å²) in [5.74, 6) is -0.619. The van der Waals surface area contributed by atoms with Gasteiger partial charge in [-0.3, -0.25) is 0 Å². The summed E-state index contributed by atoms with van der Waals surface area (Å²) in [6, 6.07) is 6.39.